The SMILES string of the molecule is COCCOC(=O)C1=C(N)OC(C)=C(C(C)=O)C12C(=O)Nc1ccccc12. The molecule has 1 aromatic rings. The van der Waals surface area contributed by atoms with Gasteiger partial charge >= 0.3 is 5.97 Å². The minimum Gasteiger partial charge on any atom is -0.460 e. The Morgan fingerprint density at radius 1 is 1.22 bits per heavy atom. The van der Waals surface area contributed by atoms with Crippen molar-refractivity contribution in [3.8, 4) is 0 Å². The Hall–Kier alpha value is -3.13. The molecule has 0 saturated heterocycles. The number of carbonyl (C=O) groups is 3. The number of benzene rings is 1. The fourth-order valence-electron chi connectivity index (χ4n) is 3.65. The molecular formula is C19H20N2O6. The number of carbonyl (C=O) groups excluding carboxylic acids is 3. The van der Waals surface area contributed by atoms with E-state index in [1.165, 1.54) is 21.0 Å². The zero-order valence-electron chi connectivity index (χ0n) is 15.3. The molecule has 142 valence electrons. The summed E-state index contributed by atoms with van der Waals surface area (Å²) in [5.74, 6) is -1.91. The average molecular weight is 372 g/mol. The highest BCUT2D eigenvalue weighted by Gasteiger charge is 2.60. The lowest BCUT2D eigenvalue weighted by molar-refractivity contribution is -0.142. The van der Waals surface area contributed by atoms with Gasteiger partial charge in [0.15, 0.2) is 5.78 Å². The van der Waals surface area contributed by atoms with E-state index < -0.39 is 23.1 Å². The second-order valence-corrected chi connectivity index (χ2v) is 6.21. The Bertz CT molecular complexity index is 901. The van der Waals surface area contributed by atoms with Crippen LogP contribution in [0.25, 0.3) is 0 Å². The normalized spacial score (nSPS) is 21.1. The number of ether oxygens (including phenoxy) is 3. The van der Waals surface area contributed by atoms with Gasteiger partial charge in [-0.1, -0.05) is 18.2 Å². The first-order valence-electron chi connectivity index (χ1n) is 8.33. The van der Waals surface area contributed by atoms with Gasteiger partial charge in [-0.2, -0.15) is 0 Å². The molecule has 1 aromatic carbocycles. The van der Waals surface area contributed by atoms with E-state index in [4.69, 9.17) is 19.9 Å². The predicted octanol–water partition coefficient (Wildman–Crippen LogP) is 1.13. The molecule has 0 aromatic heterocycles. The van der Waals surface area contributed by atoms with Gasteiger partial charge < -0.3 is 25.3 Å². The topological polar surface area (TPSA) is 117 Å². The Labute approximate surface area is 155 Å². The Morgan fingerprint density at radius 2 is 1.93 bits per heavy atom. The summed E-state index contributed by atoms with van der Waals surface area (Å²) in [7, 11) is 1.47. The lowest BCUT2D eigenvalue weighted by atomic mass is 9.67. The molecule has 2 heterocycles. The number of hydrogen-bond acceptors (Lipinski definition) is 7. The molecule has 2 aliphatic heterocycles. The second kappa shape index (κ2) is 6.88. The van der Waals surface area contributed by atoms with Crippen LogP contribution in [-0.2, 0) is 34.0 Å². The van der Waals surface area contributed by atoms with Crippen molar-refractivity contribution in [3.63, 3.8) is 0 Å². The first kappa shape index (κ1) is 18.7. The summed E-state index contributed by atoms with van der Waals surface area (Å²) in [5, 5.41) is 2.73. The predicted molar refractivity (Wildman–Crippen MR) is 95.3 cm³/mol. The van der Waals surface area contributed by atoms with Crippen LogP contribution in [-0.4, -0.2) is 38.0 Å². The number of rotatable bonds is 5. The Balaban J connectivity index is 2.26. The monoisotopic (exact) mass is 372 g/mol. The van der Waals surface area contributed by atoms with Crippen LogP contribution in [0.5, 0.6) is 0 Å². The quantitative estimate of drug-likeness (QED) is 0.588. The minimum atomic E-state index is -1.72. The maximum Gasteiger partial charge on any atom is 0.341 e. The van der Waals surface area contributed by atoms with Gasteiger partial charge in [-0.05, 0) is 19.9 Å². The molecule has 0 fully saturated rings. The molecule has 0 aliphatic carbocycles. The number of methoxy groups -OCH3 is 1. The third kappa shape index (κ3) is 2.69. The number of allylic oxidation sites excluding steroid dienone is 1. The van der Waals surface area contributed by atoms with Crippen LogP contribution in [0.3, 0.4) is 0 Å². The maximum atomic E-state index is 13.2. The highest BCUT2D eigenvalue weighted by Crippen LogP contribution is 2.52. The Morgan fingerprint density at radius 3 is 2.59 bits per heavy atom. The van der Waals surface area contributed by atoms with Crippen molar-refractivity contribution in [2.24, 2.45) is 5.73 Å². The number of amides is 1. The molecule has 3 N–H and O–H groups in total. The number of ketones is 1. The molecule has 0 radical (unpaired) electrons. The number of Topliss-reactive ketones (excluding diaryl/α,β-unsaturated/α-hetero) is 1. The van der Waals surface area contributed by atoms with Gasteiger partial charge in [-0.3, -0.25) is 9.59 Å². The summed E-state index contributed by atoms with van der Waals surface area (Å²) in [4.78, 5) is 38.6. The van der Waals surface area contributed by atoms with E-state index >= 15 is 0 Å². The number of nitrogens with two attached hydrogens (primary N) is 1. The number of fused-ring (bicyclic) bond motifs is 2. The number of esters is 1. The number of nitrogens with one attached hydrogen (secondary N) is 1. The van der Waals surface area contributed by atoms with Crippen molar-refractivity contribution >= 4 is 23.3 Å². The summed E-state index contributed by atoms with van der Waals surface area (Å²) < 4.78 is 15.5. The molecule has 27 heavy (non-hydrogen) atoms. The minimum absolute atomic E-state index is 0.0381. The summed E-state index contributed by atoms with van der Waals surface area (Å²) in [6, 6.07) is 6.82. The summed E-state index contributed by atoms with van der Waals surface area (Å²) in [6.45, 7) is 2.98. The standard InChI is InChI=1S/C19H20N2O6/c1-10(22)14-11(2)27-16(20)15(17(23)26-9-8-25-3)19(14)12-6-4-5-7-13(12)21-18(19)24/h4-7H,8-9,20H2,1-3H3,(H,21,24). The fourth-order valence-corrected chi connectivity index (χ4v) is 3.65. The van der Waals surface area contributed by atoms with Gasteiger partial charge in [0.1, 0.15) is 23.4 Å². The maximum absolute atomic E-state index is 13.2. The molecule has 1 spiro atoms. The van der Waals surface area contributed by atoms with Crippen LogP contribution < -0.4 is 11.1 Å². The van der Waals surface area contributed by atoms with Gasteiger partial charge in [-0.25, -0.2) is 4.79 Å². The molecule has 3 rings (SSSR count). The van der Waals surface area contributed by atoms with Crippen molar-refractivity contribution in [2.75, 3.05) is 25.6 Å². The first-order chi connectivity index (χ1) is 12.9. The first-order valence-corrected chi connectivity index (χ1v) is 8.33. The molecule has 1 atom stereocenters. The number of anilines is 1. The van der Waals surface area contributed by atoms with Gasteiger partial charge in [0.2, 0.25) is 11.8 Å². The van der Waals surface area contributed by atoms with Crippen LogP contribution in [0.1, 0.15) is 19.4 Å². The van der Waals surface area contributed by atoms with E-state index in [9.17, 15) is 14.4 Å². The molecular weight excluding hydrogens is 352 g/mol. The van der Waals surface area contributed by atoms with E-state index in [-0.39, 0.29) is 36.0 Å². The number of para-hydroxylation sites is 1. The number of hydrogen-bond donors (Lipinski definition) is 2. The largest absolute Gasteiger partial charge is 0.460 e. The average Bonchev–Trinajstić information content (AvgIpc) is 2.87. The molecule has 1 amide bonds. The van der Waals surface area contributed by atoms with E-state index in [0.29, 0.717) is 11.3 Å². The van der Waals surface area contributed by atoms with Crippen LogP contribution in [0.2, 0.25) is 0 Å². The van der Waals surface area contributed by atoms with Crippen LogP contribution in [0.4, 0.5) is 5.69 Å². The van der Waals surface area contributed by atoms with Crippen LogP contribution in [0, 0.1) is 0 Å². The van der Waals surface area contributed by atoms with Gasteiger partial charge in [0, 0.05) is 18.4 Å². The van der Waals surface area contributed by atoms with Crippen molar-refractivity contribution in [1.82, 2.24) is 0 Å². The third-order valence-electron chi connectivity index (χ3n) is 4.61. The van der Waals surface area contributed by atoms with Gasteiger partial charge in [0.05, 0.1) is 12.2 Å². The van der Waals surface area contributed by atoms with Gasteiger partial charge in [0.25, 0.3) is 0 Å². The van der Waals surface area contributed by atoms with Crippen LogP contribution >= 0.6 is 0 Å². The summed E-state index contributed by atoms with van der Waals surface area (Å²) in [5.41, 5.74) is 5.07. The van der Waals surface area contributed by atoms with Crippen molar-refractivity contribution in [3.05, 3.63) is 52.6 Å². The molecule has 0 saturated carbocycles. The molecule has 8 heteroatoms. The lowest BCUT2D eigenvalue weighted by Gasteiger charge is -2.35. The lowest BCUT2D eigenvalue weighted by Crippen LogP contribution is -2.48. The smallest absolute Gasteiger partial charge is 0.341 e. The molecule has 0 bridgehead atoms. The van der Waals surface area contributed by atoms with Crippen molar-refractivity contribution in [2.45, 2.75) is 19.3 Å². The zero-order valence-corrected chi connectivity index (χ0v) is 15.3. The van der Waals surface area contributed by atoms with Gasteiger partial charge in [-0.15, -0.1) is 0 Å². The summed E-state index contributed by atoms with van der Waals surface area (Å²) >= 11 is 0. The van der Waals surface area contributed by atoms with Crippen LogP contribution in [0.15, 0.2) is 47.1 Å². The van der Waals surface area contributed by atoms with Crippen molar-refractivity contribution in [1.29, 1.82) is 0 Å². The van der Waals surface area contributed by atoms with E-state index in [1.807, 2.05) is 0 Å². The molecule has 8 nitrogen and oxygen atoms in total. The highest BCUT2D eigenvalue weighted by atomic mass is 16.6. The molecule has 1 unspecified atom stereocenters. The zero-order chi connectivity index (χ0) is 19.8. The van der Waals surface area contributed by atoms with E-state index in [2.05, 4.69) is 5.32 Å². The highest BCUT2D eigenvalue weighted by molar-refractivity contribution is 6.22. The fraction of sp³-hybridized carbons (Fsp3) is 0.316. The third-order valence-corrected chi connectivity index (χ3v) is 4.61. The van der Waals surface area contributed by atoms with E-state index in [1.54, 1.807) is 24.3 Å². The van der Waals surface area contributed by atoms with Crippen molar-refractivity contribution < 1.29 is 28.6 Å². The van der Waals surface area contributed by atoms with E-state index in [0.717, 1.165) is 0 Å². The summed E-state index contributed by atoms with van der Waals surface area (Å²) in [6.07, 6.45) is 0. The Kier molecular flexibility index (Phi) is 4.75. The molecule has 2 aliphatic rings. The second-order valence-electron chi connectivity index (χ2n) is 6.21.